The van der Waals surface area contributed by atoms with Crippen LogP contribution in [0.2, 0.25) is 0 Å². The maximum Gasteiger partial charge on any atom is 0.407 e. The predicted octanol–water partition coefficient (Wildman–Crippen LogP) is 0.648. The van der Waals surface area contributed by atoms with Crippen molar-refractivity contribution in [3.05, 3.63) is 0 Å². The Morgan fingerprint density at radius 3 is 2.71 bits per heavy atom. The molecule has 0 aromatic heterocycles. The zero-order valence-electron chi connectivity index (χ0n) is 8.49. The molecule has 0 spiro atoms. The van der Waals surface area contributed by atoms with Crippen molar-refractivity contribution >= 4 is 11.9 Å². The largest absolute Gasteiger partial charge is 0.450 e. The fourth-order valence-electron chi connectivity index (χ4n) is 0.967. The SMILES string of the molecule is CCCC(NC(=O)OCC)/C(N)=N/O. The first kappa shape index (κ1) is 12.5. The molecular weight excluding hydrogens is 186 g/mol. The van der Waals surface area contributed by atoms with Gasteiger partial charge in [0.1, 0.15) is 0 Å². The molecule has 6 heteroatoms. The van der Waals surface area contributed by atoms with E-state index in [1.54, 1.807) is 6.92 Å². The van der Waals surface area contributed by atoms with E-state index < -0.39 is 12.1 Å². The lowest BCUT2D eigenvalue weighted by molar-refractivity contribution is 0.150. The van der Waals surface area contributed by atoms with Crippen molar-refractivity contribution in [1.29, 1.82) is 0 Å². The molecule has 1 unspecified atom stereocenters. The Morgan fingerprint density at radius 1 is 1.64 bits per heavy atom. The number of nitrogens with zero attached hydrogens (tertiary/aromatic N) is 1. The van der Waals surface area contributed by atoms with Gasteiger partial charge < -0.3 is 21.0 Å². The van der Waals surface area contributed by atoms with Crippen LogP contribution in [0.25, 0.3) is 0 Å². The molecule has 14 heavy (non-hydrogen) atoms. The molecule has 0 heterocycles. The third-order valence-corrected chi connectivity index (χ3v) is 1.62. The van der Waals surface area contributed by atoms with E-state index in [9.17, 15) is 4.79 Å². The third kappa shape index (κ3) is 4.54. The fraction of sp³-hybridized carbons (Fsp3) is 0.750. The number of carbonyl (C=O) groups is 1. The molecule has 0 aromatic carbocycles. The van der Waals surface area contributed by atoms with Crippen molar-refractivity contribution in [3.63, 3.8) is 0 Å². The Bertz CT molecular complexity index is 206. The van der Waals surface area contributed by atoms with Gasteiger partial charge in [-0.15, -0.1) is 0 Å². The van der Waals surface area contributed by atoms with Gasteiger partial charge in [0.25, 0.3) is 0 Å². The molecule has 0 aromatic rings. The van der Waals surface area contributed by atoms with Gasteiger partial charge in [0.2, 0.25) is 0 Å². The van der Waals surface area contributed by atoms with Gasteiger partial charge >= 0.3 is 6.09 Å². The van der Waals surface area contributed by atoms with Crippen molar-refractivity contribution in [2.24, 2.45) is 10.9 Å². The summed E-state index contributed by atoms with van der Waals surface area (Å²) in [7, 11) is 0. The van der Waals surface area contributed by atoms with E-state index in [2.05, 4.69) is 15.2 Å². The lowest BCUT2D eigenvalue weighted by Gasteiger charge is -2.15. The summed E-state index contributed by atoms with van der Waals surface area (Å²) < 4.78 is 4.67. The van der Waals surface area contributed by atoms with Gasteiger partial charge in [-0.25, -0.2) is 4.79 Å². The molecule has 0 rings (SSSR count). The van der Waals surface area contributed by atoms with E-state index in [1.165, 1.54) is 0 Å². The number of amides is 1. The quantitative estimate of drug-likeness (QED) is 0.264. The summed E-state index contributed by atoms with van der Waals surface area (Å²) in [5, 5.41) is 13.8. The summed E-state index contributed by atoms with van der Waals surface area (Å²) in [6.45, 7) is 3.93. The van der Waals surface area contributed by atoms with E-state index in [1.807, 2.05) is 6.92 Å². The Morgan fingerprint density at radius 2 is 2.29 bits per heavy atom. The molecule has 82 valence electrons. The van der Waals surface area contributed by atoms with E-state index in [-0.39, 0.29) is 5.84 Å². The molecule has 0 radical (unpaired) electrons. The van der Waals surface area contributed by atoms with Crippen molar-refractivity contribution in [1.82, 2.24) is 5.32 Å². The van der Waals surface area contributed by atoms with E-state index in [0.717, 1.165) is 6.42 Å². The van der Waals surface area contributed by atoms with Gasteiger partial charge in [0.05, 0.1) is 12.6 Å². The molecule has 0 aliphatic carbocycles. The molecule has 0 aliphatic heterocycles. The zero-order valence-corrected chi connectivity index (χ0v) is 8.49. The summed E-state index contributed by atoms with van der Waals surface area (Å²) in [4.78, 5) is 11.0. The monoisotopic (exact) mass is 203 g/mol. The van der Waals surface area contributed by atoms with E-state index in [0.29, 0.717) is 13.0 Å². The lowest BCUT2D eigenvalue weighted by atomic mass is 10.1. The van der Waals surface area contributed by atoms with Crippen LogP contribution < -0.4 is 11.1 Å². The fourth-order valence-corrected chi connectivity index (χ4v) is 0.967. The molecule has 0 bridgehead atoms. The van der Waals surface area contributed by atoms with Gasteiger partial charge in [-0.2, -0.15) is 0 Å². The van der Waals surface area contributed by atoms with Gasteiger partial charge in [-0.05, 0) is 13.3 Å². The van der Waals surface area contributed by atoms with Crippen LogP contribution in [0.1, 0.15) is 26.7 Å². The number of ether oxygens (including phenoxy) is 1. The second-order valence-electron chi connectivity index (χ2n) is 2.73. The zero-order chi connectivity index (χ0) is 11.0. The Balaban J connectivity index is 4.15. The Labute approximate surface area is 83.1 Å². The molecule has 6 nitrogen and oxygen atoms in total. The van der Waals surface area contributed by atoms with Crippen LogP contribution in [0.4, 0.5) is 4.79 Å². The predicted molar refractivity (Wildman–Crippen MR) is 52.3 cm³/mol. The highest BCUT2D eigenvalue weighted by molar-refractivity contribution is 5.88. The van der Waals surface area contributed by atoms with Crippen molar-refractivity contribution in [2.45, 2.75) is 32.7 Å². The van der Waals surface area contributed by atoms with Crippen LogP contribution in [0, 0.1) is 0 Å². The molecule has 0 aliphatic rings. The summed E-state index contributed by atoms with van der Waals surface area (Å²) in [5.41, 5.74) is 5.38. The number of hydrogen-bond donors (Lipinski definition) is 3. The minimum atomic E-state index is -0.558. The topological polar surface area (TPSA) is 96.9 Å². The summed E-state index contributed by atoms with van der Waals surface area (Å²) in [5.74, 6) is -0.0140. The molecular formula is C8H17N3O3. The van der Waals surface area contributed by atoms with Crippen LogP contribution in [-0.2, 0) is 4.74 Å². The number of hydrogen-bond acceptors (Lipinski definition) is 4. The van der Waals surface area contributed by atoms with Gasteiger partial charge in [0, 0.05) is 0 Å². The van der Waals surface area contributed by atoms with Crippen molar-refractivity contribution < 1.29 is 14.7 Å². The summed E-state index contributed by atoms with van der Waals surface area (Å²) in [6, 6.07) is -0.468. The van der Waals surface area contributed by atoms with Crippen LogP contribution in [-0.4, -0.2) is 29.8 Å². The number of amidine groups is 1. The van der Waals surface area contributed by atoms with Crippen LogP contribution in [0.5, 0.6) is 0 Å². The normalized spacial score (nSPS) is 13.4. The standard InChI is InChI=1S/C8H17N3O3/c1-3-5-6(7(9)11-13)10-8(12)14-4-2/h6,13H,3-5H2,1-2H3,(H2,9,11)(H,10,12). The van der Waals surface area contributed by atoms with Gasteiger partial charge in [-0.1, -0.05) is 18.5 Å². The van der Waals surface area contributed by atoms with Crippen molar-refractivity contribution in [3.8, 4) is 0 Å². The van der Waals surface area contributed by atoms with Crippen LogP contribution in [0.3, 0.4) is 0 Å². The summed E-state index contributed by atoms with van der Waals surface area (Å²) in [6.07, 6.45) is 0.861. The highest BCUT2D eigenvalue weighted by Gasteiger charge is 2.16. The molecule has 1 atom stereocenters. The first-order valence-corrected chi connectivity index (χ1v) is 4.56. The minimum absolute atomic E-state index is 0.0140. The van der Waals surface area contributed by atoms with Crippen LogP contribution >= 0.6 is 0 Å². The molecule has 0 fully saturated rings. The Kier molecular flexibility index (Phi) is 6.26. The number of nitrogens with one attached hydrogen (secondary N) is 1. The summed E-state index contributed by atoms with van der Waals surface area (Å²) >= 11 is 0. The molecule has 0 saturated heterocycles. The number of rotatable bonds is 5. The highest BCUT2D eigenvalue weighted by atomic mass is 16.5. The molecule has 4 N–H and O–H groups in total. The maximum absolute atomic E-state index is 11.0. The number of alkyl carbamates (subject to hydrolysis) is 1. The second kappa shape index (κ2) is 6.99. The third-order valence-electron chi connectivity index (χ3n) is 1.62. The second-order valence-corrected chi connectivity index (χ2v) is 2.73. The van der Waals surface area contributed by atoms with E-state index >= 15 is 0 Å². The van der Waals surface area contributed by atoms with Crippen molar-refractivity contribution in [2.75, 3.05) is 6.61 Å². The smallest absolute Gasteiger partial charge is 0.407 e. The first-order chi connectivity index (χ1) is 6.65. The minimum Gasteiger partial charge on any atom is -0.450 e. The molecule has 1 amide bonds. The number of oxime groups is 1. The highest BCUT2D eigenvalue weighted by Crippen LogP contribution is 1.97. The van der Waals surface area contributed by atoms with E-state index in [4.69, 9.17) is 10.9 Å². The first-order valence-electron chi connectivity index (χ1n) is 4.56. The lowest BCUT2D eigenvalue weighted by Crippen LogP contribution is -2.44. The number of carbonyl (C=O) groups excluding carboxylic acids is 1. The molecule has 0 saturated carbocycles. The average Bonchev–Trinajstić information content (AvgIpc) is 2.16. The van der Waals surface area contributed by atoms with Crippen LogP contribution in [0.15, 0.2) is 5.16 Å². The van der Waals surface area contributed by atoms with Gasteiger partial charge in [-0.3, -0.25) is 0 Å². The Hall–Kier alpha value is -1.46. The maximum atomic E-state index is 11.0. The number of nitrogens with two attached hydrogens (primary N) is 1. The van der Waals surface area contributed by atoms with Gasteiger partial charge in [0.15, 0.2) is 5.84 Å². The average molecular weight is 203 g/mol.